The van der Waals surface area contributed by atoms with Gasteiger partial charge < -0.3 is 10.3 Å². The summed E-state index contributed by atoms with van der Waals surface area (Å²) >= 11 is 7.34. The number of aromatic nitrogens is 4. The molecule has 0 saturated carbocycles. The second-order valence-electron chi connectivity index (χ2n) is 7.28. The van der Waals surface area contributed by atoms with E-state index < -0.39 is 17.0 Å². The third kappa shape index (κ3) is 3.96. The highest BCUT2D eigenvalue weighted by Crippen LogP contribution is 2.28. The van der Waals surface area contributed by atoms with E-state index in [9.17, 15) is 14.4 Å². The van der Waals surface area contributed by atoms with Gasteiger partial charge in [-0.05, 0) is 23.8 Å². The Bertz CT molecular complexity index is 1460. The number of thioether (sulfide) groups is 1. The summed E-state index contributed by atoms with van der Waals surface area (Å²) in [5.41, 5.74) is 7.09. The molecule has 0 bridgehead atoms. The van der Waals surface area contributed by atoms with Crippen LogP contribution < -0.4 is 17.0 Å². The molecule has 0 radical (unpaired) electrons. The Balaban J connectivity index is 1.69. The molecule has 8 nitrogen and oxygen atoms in total. The van der Waals surface area contributed by atoms with Crippen molar-refractivity contribution in [2.75, 3.05) is 11.5 Å². The molecule has 2 aromatic heterocycles. The number of fused-ring (bicyclic) bond motifs is 1. The van der Waals surface area contributed by atoms with Crippen LogP contribution in [0.5, 0.6) is 0 Å². The second-order valence-corrected chi connectivity index (χ2v) is 8.66. The largest absolute Gasteiger partial charge is 0.384 e. The van der Waals surface area contributed by atoms with Crippen LogP contribution in [0.15, 0.2) is 63.3 Å². The zero-order valence-electron chi connectivity index (χ0n) is 17.4. The molecule has 0 fully saturated rings. The average Bonchev–Trinajstić information content (AvgIpc) is 3.12. The van der Waals surface area contributed by atoms with Crippen LogP contribution in [-0.2, 0) is 20.6 Å². The van der Waals surface area contributed by atoms with Crippen molar-refractivity contribution in [3.8, 4) is 0 Å². The molecule has 0 aliphatic rings. The molecule has 0 atom stereocenters. The smallest absolute Gasteiger partial charge is 0.332 e. The molecule has 4 aromatic rings. The molecule has 2 heterocycles. The summed E-state index contributed by atoms with van der Waals surface area (Å²) in [6.45, 7) is 0.555. The number of Topliss-reactive ketones (excluding diaryl/α,β-unsaturated/α-hetero) is 1. The summed E-state index contributed by atoms with van der Waals surface area (Å²) in [4.78, 5) is 42.1. The van der Waals surface area contributed by atoms with Gasteiger partial charge in [-0.15, -0.1) is 0 Å². The van der Waals surface area contributed by atoms with Crippen molar-refractivity contribution < 1.29 is 4.79 Å². The molecule has 10 heteroatoms. The lowest BCUT2D eigenvalue weighted by Crippen LogP contribution is -2.41. The maximum atomic E-state index is 12.9. The number of rotatable bonds is 6. The molecule has 2 N–H and O–H groups in total. The lowest BCUT2D eigenvalue weighted by Gasteiger charge is -2.11. The van der Waals surface area contributed by atoms with E-state index in [1.807, 2.05) is 41.0 Å². The van der Waals surface area contributed by atoms with Crippen LogP contribution in [0.25, 0.3) is 11.0 Å². The number of nitrogens with zero attached hydrogens (tertiary/aromatic N) is 4. The minimum absolute atomic E-state index is 0.0660. The van der Waals surface area contributed by atoms with Gasteiger partial charge in [-0.25, -0.2) is 9.78 Å². The number of hydrogen-bond acceptors (Lipinski definition) is 6. The van der Waals surface area contributed by atoms with Crippen LogP contribution in [0.2, 0.25) is 5.02 Å². The fourth-order valence-corrected chi connectivity index (χ4v) is 4.49. The molecule has 2 aromatic carbocycles. The van der Waals surface area contributed by atoms with Crippen molar-refractivity contribution in [2.45, 2.75) is 11.7 Å². The Labute approximate surface area is 192 Å². The maximum Gasteiger partial charge on any atom is 0.332 e. The van der Waals surface area contributed by atoms with Gasteiger partial charge in [0.2, 0.25) is 0 Å². The fourth-order valence-electron chi connectivity index (χ4n) is 3.43. The van der Waals surface area contributed by atoms with Gasteiger partial charge >= 0.3 is 5.69 Å². The molecule has 4 rings (SSSR count). The second kappa shape index (κ2) is 8.68. The number of nitrogens with two attached hydrogens (primary N) is 1. The van der Waals surface area contributed by atoms with E-state index in [-0.39, 0.29) is 17.1 Å². The van der Waals surface area contributed by atoms with E-state index in [1.54, 1.807) is 12.1 Å². The van der Waals surface area contributed by atoms with Crippen LogP contribution in [0.1, 0.15) is 15.9 Å². The van der Waals surface area contributed by atoms with Crippen molar-refractivity contribution in [3.63, 3.8) is 0 Å². The highest BCUT2D eigenvalue weighted by Gasteiger charge is 2.21. The molecule has 0 spiro atoms. The minimum Gasteiger partial charge on any atom is -0.384 e. The Morgan fingerprint density at radius 2 is 1.81 bits per heavy atom. The summed E-state index contributed by atoms with van der Waals surface area (Å²) < 4.78 is 3.97. The van der Waals surface area contributed by atoms with Gasteiger partial charge in [0.25, 0.3) is 5.56 Å². The maximum absolute atomic E-state index is 12.9. The van der Waals surface area contributed by atoms with Crippen molar-refractivity contribution in [1.82, 2.24) is 18.7 Å². The predicted molar refractivity (Wildman–Crippen MR) is 127 cm³/mol. The van der Waals surface area contributed by atoms with Crippen LogP contribution in [-0.4, -0.2) is 30.2 Å². The summed E-state index contributed by atoms with van der Waals surface area (Å²) in [6, 6.07) is 15.3. The number of benzene rings is 2. The molecule has 0 saturated heterocycles. The average molecular weight is 470 g/mol. The zero-order chi connectivity index (χ0) is 23.0. The molecule has 164 valence electrons. The number of anilines is 1. The first-order valence-corrected chi connectivity index (χ1v) is 11.1. The standard InChI is InChI=1S/C22H20ClN5O3S/c1-26-19(24)18(20(30)27(2)22(26)31)17(29)12-32-21-25-15-10-14(23)8-9-16(15)28(21)11-13-6-4-3-5-7-13/h3-10H,11-12,24H2,1-2H3. The zero-order valence-corrected chi connectivity index (χ0v) is 19.0. The first kappa shape index (κ1) is 21.9. The minimum atomic E-state index is -0.708. The molecule has 32 heavy (non-hydrogen) atoms. The van der Waals surface area contributed by atoms with Gasteiger partial charge in [-0.2, -0.15) is 0 Å². The van der Waals surface area contributed by atoms with Gasteiger partial charge in [0, 0.05) is 19.1 Å². The fraction of sp³-hybridized carbons (Fsp3) is 0.182. The first-order chi connectivity index (χ1) is 15.3. The summed E-state index contributed by atoms with van der Waals surface area (Å²) in [6.07, 6.45) is 0. The topological polar surface area (TPSA) is 105 Å². The Morgan fingerprint density at radius 1 is 1.09 bits per heavy atom. The SMILES string of the molecule is Cn1c(N)c(C(=O)CSc2nc3cc(Cl)ccc3n2Cc2ccccc2)c(=O)n(C)c1=O. The number of carbonyl (C=O) groups excluding carboxylic acids is 1. The molecular weight excluding hydrogens is 450 g/mol. The quantitative estimate of drug-likeness (QED) is 0.344. The molecule has 0 unspecified atom stereocenters. The summed E-state index contributed by atoms with van der Waals surface area (Å²) in [7, 11) is 2.74. The predicted octanol–water partition coefficient (Wildman–Crippen LogP) is 2.69. The summed E-state index contributed by atoms with van der Waals surface area (Å²) in [5.74, 6) is -0.683. The van der Waals surface area contributed by atoms with Crippen molar-refractivity contribution in [2.24, 2.45) is 14.1 Å². The van der Waals surface area contributed by atoms with E-state index in [0.717, 1.165) is 20.2 Å². The van der Waals surface area contributed by atoms with E-state index in [1.165, 1.54) is 25.9 Å². The lowest BCUT2D eigenvalue weighted by atomic mass is 10.2. The van der Waals surface area contributed by atoms with E-state index >= 15 is 0 Å². The monoisotopic (exact) mass is 469 g/mol. The van der Waals surface area contributed by atoms with E-state index in [4.69, 9.17) is 17.3 Å². The number of carbonyl (C=O) groups is 1. The van der Waals surface area contributed by atoms with Gasteiger partial charge in [0.05, 0.1) is 23.3 Å². The number of imidazole rings is 1. The molecule has 0 aliphatic carbocycles. The summed E-state index contributed by atoms with van der Waals surface area (Å²) in [5, 5.41) is 1.18. The first-order valence-electron chi connectivity index (χ1n) is 9.69. The van der Waals surface area contributed by atoms with Crippen LogP contribution in [0, 0.1) is 0 Å². The highest BCUT2D eigenvalue weighted by atomic mass is 35.5. The van der Waals surface area contributed by atoms with Gasteiger partial charge in [-0.3, -0.25) is 18.7 Å². The molecule has 0 amide bonds. The van der Waals surface area contributed by atoms with Gasteiger partial charge in [0.15, 0.2) is 10.9 Å². The Morgan fingerprint density at radius 3 is 2.53 bits per heavy atom. The van der Waals surface area contributed by atoms with Crippen LogP contribution in [0.4, 0.5) is 5.82 Å². The van der Waals surface area contributed by atoms with E-state index in [2.05, 4.69) is 4.98 Å². The number of nitrogen functional groups attached to an aromatic ring is 1. The van der Waals surface area contributed by atoms with Crippen LogP contribution >= 0.6 is 23.4 Å². The van der Waals surface area contributed by atoms with Gasteiger partial charge in [-0.1, -0.05) is 53.7 Å². The van der Waals surface area contributed by atoms with Gasteiger partial charge in [0.1, 0.15) is 11.4 Å². The normalized spacial score (nSPS) is 11.2. The van der Waals surface area contributed by atoms with Crippen LogP contribution in [0.3, 0.4) is 0 Å². The Kier molecular flexibility index (Phi) is 5.94. The number of ketones is 1. The van der Waals surface area contributed by atoms with Crippen molar-refractivity contribution in [1.29, 1.82) is 0 Å². The third-order valence-corrected chi connectivity index (χ3v) is 6.39. The van der Waals surface area contributed by atoms with E-state index in [0.29, 0.717) is 22.2 Å². The molecule has 0 aliphatic heterocycles. The highest BCUT2D eigenvalue weighted by molar-refractivity contribution is 7.99. The van der Waals surface area contributed by atoms with Crippen molar-refractivity contribution in [3.05, 3.63) is 85.5 Å². The molecular formula is C22H20ClN5O3S. The number of halogens is 1. The number of hydrogen-bond donors (Lipinski definition) is 1. The lowest BCUT2D eigenvalue weighted by molar-refractivity contribution is 0.102. The Hall–Kier alpha value is -3.30. The van der Waals surface area contributed by atoms with Crippen molar-refractivity contribution >= 4 is 46.0 Å². The third-order valence-electron chi connectivity index (χ3n) is 5.18.